The Morgan fingerprint density at radius 2 is 1.91 bits per heavy atom. The summed E-state index contributed by atoms with van der Waals surface area (Å²) < 4.78 is 30.4. The van der Waals surface area contributed by atoms with Crippen LogP contribution < -0.4 is 11.1 Å². The molecular formula is C29H24ClF2N7O3S. The van der Waals surface area contributed by atoms with Gasteiger partial charge in [0.05, 0.1) is 28.7 Å². The van der Waals surface area contributed by atoms with E-state index < -0.39 is 34.3 Å². The molecular weight excluding hydrogens is 600 g/mol. The SMILES string of the molecule is CC(C)(Cc1csc(C2(C)C(=O)Nc3nc(-c4nn(Cc5c(F)cccc5F)c5cc(Cl)ccc45)nc(N)c32)n1)C(=O)O. The van der Waals surface area contributed by atoms with Crippen molar-refractivity contribution in [2.75, 3.05) is 11.1 Å². The number of aliphatic carboxylic acids is 1. The number of amides is 1. The summed E-state index contributed by atoms with van der Waals surface area (Å²) in [6.45, 7) is 4.64. The summed E-state index contributed by atoms with van der Waals surface area (Å²) >= 11 is 7.47. The molecule has 4 N–H and O–H groups in total. The third-order valence-corrected chi connectivity index (χ3v) is 8.95. The summed E-state index contributed by atoms with van der Waals surface area (Å²) in [6, 6.07) is 8.57. The van der Waals surface area contributed by atoms with E-state index in [1.165, 1.54) is 34.2 Å². The van der Waals surface area contributed by atoms with Crippen LogP contribution >= 0.6 is 22.9 Å². The molecule has 0 spiro atoms. The predicted molar refractivity (Wildman–Crippen MR) is 158 cm³/mol. The van der Waals surface area contributed by atoms with Gasteiger partial charge < -0.3 is 16.2 Å². The fraction of sp³-hybridized carbons (Fsp3) is 0.241. The van der Waals surface area contributed by atoms with Crippen LogP contribution in [0.1, 0.15) is 42.6 Å². The van der Waals surface area contributed by atoms with Crippen molar-refractivity contribution in [3.63, 3.8) is 0 Å². The van der Waals surface area contributed by atoms with Crippen molar-refractivity contribution in [1.82, 2.24) is 24.7 Å². The minimum atomic E-state index is -1.33. The topological polar surface area (TPSA) is 149 Å². The Hall–Kier alpha value is -4.49. The second kappa shape index (κ2) is 10.1. The number of hydrogen-bond acceptors (Lipinski definition) is 8. The Labute approximate surface area is 252 Å². The van der Waals surface area contributed by atoms with E-state index in [4.69, 9.17) is 17.3 Å². The number of nitrogens with two attached hydrogens (primary N) is 1. The fourth-order valence-electron chi connectivity index (χ4n) is 5.13. The molecule has 0 saturated heterocycles. The lowest BCUT2D eigenvalue weighted by atomic mass is 9.85. The van der Waals surface area contributed by atoms with Crippen LogP contribution in [0.2, 0.25) is 5.02 Å². The molecule has 0 aliphatic carbocycles. The number of carbonyl (C=O) groups excluding carboxylic acids is 1. The Balaban J connectivity index is 1.43. The van der Waals surface area contributed by atoms with Crippen LogP contribution in [-0.4, -0.2) is 41.7 Å². The van der Waals surface area contributed by atoms with Gasteiger partial charge in [-0.15, -0.1) is 11.3 Å². The molecule has 43 heavy (non-hydrogen) atoms. The van der Waals surface area contributed by atoms with Crippen LogP contribution in [0.4, 0.5) is 20.4 Å². The van der Waals surface area contributed by atoms with E-state index in [0.717, 1.165) is 0 Å². The summed E-state index contributed by atoms with van der Waals surface area (Å²) in [5.74, 6) is -2.54. The van der Waals surface area contributed by atoms with Crippen LogP contribution in [0.3, 0.4) is 0 Å². The Bertz CT molecular complexity index is 1960. The zero-order valence-electron chi connectivity index (χ0n) is 23.1. The number of rotatable bonds is 7. The van der Waals surface area contributed by atoms with Gasteiger partial charge in [0.2, 0.25) is 5.91 Å². The number of halogens is 3. The lowest BCUT2D eigenvalue weighted by Crippen LogP contribution is -2.33. The number of benzene rings is 2. The van der Waals surface area contributed by atoms with Crippen LogP contribution in [0.15, 0.2) is 41.8 Å². The van der Waals surface area contributed by atoms with E-state index in [0.29, 0.717) is 32.2 Å². The van der Waals surface area contributed by atoms with Crippen LogP contribution in [0, 0.1) is 17.0 Å². The first-order valence-corrected chi connectivity index (χ1v) is 14.3. The number of nitrogens with zero attached hydrogens (tertiary/aromatic N) is 5. The minimum absolute atomic E-state index is 0.0141. The van der Waals surface area contributed by atoms with Crippen molar-refractivity contribution in [2.45, 2.75) is 39.2 Å². The third kappa shape index (κ3) is 4.68. The van der Waals surface area contributed by atoms with Gasteiger partial charge in [0.25, 0.3) is 0 Å². The maximum atomic E-state index is 14.5. The van der Waals surface area contributed by atoms with Gasteiger partial charge in [-0.3, -0.25) is 14.3 Å². The number of anilines is 2. The average Bonchev–Trinajstić information content (AvgIpc) is 3.61. The second-order valence-electron chi connectivity index (χ2n) is 11.1. The summed E-state index contributed by atoms with van der Waals surface area (Å²) in [7, 11) is 0. The van der Waals surface area contributed by atoms with E-state index in [9.17, 15) is 23.5 Å². The maximum Gasteiger partial charge on any atom is 0.309 e. The number of nitrogen functional groups attached to an aromatic ring is 1. The highest BCUT2D eigenvalue weighted by molar-refractivity contribution is 7.10. The molecule has 1 aliphatic heterocycles. The highest BCUT2D eigenvalue weighted by Crippen LogP contribution is 2.46. The molecule has 4 heterocycles. The highest BCUT2D eigenvalue weighted by atomic mass is 35.5. The highest BCUT2D eigenvalue weighted by Gasteiger charge is 2.50. The monoisotopic (exact) mass is 623 g/mol. The Morgan fingerprint density at radius 1 is 1.19 bits per heavy atom. The fourth-order valence-corrected chi connectivity index (χ4v) is 6.28. The van der Waals surface area contributed by atoms with Crippen molar-refractivity contribution >= 4 is 57.4 Å². The van der Waals surface area contributed by atoms with Crippen molar-refractivity contribution in [3.8, 4) is 11.5 Å². The first kappa shape index (κ1) is 28.6. The average molecular weight is 624 g/mol. The molecule has 0 radical (unpaired) electrons. The molecule has 0 bridgehead atoms. The largest absolute Gasteiger partial charge is 0.481 e. The van der Waals surface area contributed by atoms with Gasteiger partial charge in [-0.25, -0.2) is 23.7 Å². The van der Waals surface area contributed by atoms with Crippen molar-refractivity contribution in [2.24, 2.45) is 5.41 Å². The van der Waals surface area contributed by atoms with Crippen LogP contribution in [0.25, 0.3) is 22.4 Å². The minimum Gasteiger partial charge on any atom is -0.481 e. The van der Waals surface area contributed by atoms with Crippen molar-refractivity contribution in [3.05, 3.63) is 80.3 Å². The molecule has 2 aromatic carbocycles. The van der Waals surface area contributed by atoms with Gasteiger partial charge in [0.1, 0.15) is 39.4 Å². The summed E-state index contributed by atoms with van der Waals surface area (Å²) in [6.07, 6.45) is 0.171. The number of thiazole rings is 1. The van der Waals surface area contributed by atoms with Crippen LogP contribution in [0.5, 0.6) is 0 Å². The smallest absolute Gasteiger partial charge is 0.309 e. The van der Waals surface area contributed by atoms with Gasteiger partial charge in [-0.2, -0.15) is 5.10 Å². The first-order valence-electron chi connectivity index (χ1n) is 13.1. The van der Waals surface area contributed by atoms with E-state index in [2.05, 4.69) is 25.4 Å². The van der Waals surface area contributed by atoms with Gasteiger partial charge in [-0.1, -0.05) is 17.7 Å². The lowest BCUT2D eigenvalue weighted by Gasteiger charge is -2.20. The van der Waals surface area contributed by atoms with Gasteiger partial charge in [0, 0.05) is 27.8 Å². The molecule has 3 aromatic heterocycles. The number of carbonyl (C=O) groups is 2. The third-order valence-electron chi connectivity index (χ3n) is 7.60. The Kier molecular flexibility index (Phi) is 6.69. The molecule has 1 aliphatic rings. The molecule has 0 fully saturated rings. The normalized spacial score (nSPS) is 16.5. The van der Waals surface area contributed by atoms with Crippen LogP contribution in [-0.2, 0) is 28.0 Å². The molecule has 10 nitrogen and oxygen atoms in total. The Morgan fingerprint density at radius 3 is 2.60 bits per heavy atom. The molecule has 220 valence electrons. The molecule has 1 atom stereocenters. The standard InChI is InChI=1S/C29H24ClF2N7O3S/c1-28(2,27(41)42)10-14-12-43-26(34-14)29(3)20-22(33)35-24(36-23(20)37-25(29)40)21-15-8-7-13(30)9-19(15)39(38-21)11-16-17(31)5-4-6-18(16)32/h4-9,12H,10-11H2,1-3H3,(H,41,42)(H3,33,35,36,37,40). The number of carboxylic acid groups (broad SMARTS) is 1. The number of fused-ring (bicyclic) bond motifs is 2. The predicted octanol–water partition coefficient (Wildman–Crippen LogP) is 5.42. The zero-order valence-corrected chi connectivity index (χ0v) is 24.6. The zero-order chi connectivity index (χ0) is 30.8. The van der Waals surface area contributed by atoms with E-state index >= 15 is 0 Å². The number of hydrogen-bond donors (Lipinski definition) is 3. The van der Waals surface area contributed by atoms with Crippen molar-refractivity contribution < 1.29 is 23.5 Å². The van der Waals surface area contributed by atoms with E-state index in [-0.39, 0.29) is 41.7 Å². The summed E-state index contributed by atoms with van der Waals surface area (Å²) in [5.41, 5.74) is 5.55. The number of nitrogens with one attached hydrogen (secondary N) is 1. The number of aromatic nitrogens is 5. The summed E-state index contributed by atoms with van der Waals surface area (Å²) in [5, 5.41) is 20.0. The maximum absolute atomic E-state index is 14.5. The second-order valence-corrected chi connectivity index (χ2v) is 12.4. The summed E-state index contributed by atoms with van der Waals surface area (Å²) in [4.78, 5) is 38.7. The van der Waals surface area contributed by atoms with Gasteiger partial charge in [0.15, 0.2) is 5.82 Å². The van der Waals surface area contributed by atoms with Gasteiger partial charge in [-0.05, 0) is 51.1 Å². The number of carboxylic acids is 1. The molecule has 1 unspecified atom stereocenters. The quantitative estimate of drug-likeness (QED) is 0.217. The van der Waals surface area contributed by atoms with E-state index in [1.54, 1.807) is 44.4 Å². The molecule has 6 rings (SSSR count). The molecule has 5 aromatic rings. The molecule has 14 heteroatoms. The van der Waals surface area contributed by atoms with E-state index in [1.807, 2.05) is 0 Å². The van der Waals surface area contributed by atoms with Crippen molar-refractivity contribution in [1.29, 1.82) is 0 Å². The lowest BCUT2D eigenvalue weighted by molar-refractivity contribution is -0.146. The first-order chi connectivity index (χ1) is 20.3. The molecule has 0 saturated carbocycles. The van der Waals surface area contributed by atoms with Gasteiger partial charge >= 0.3 is 5.97 Å². The molecule has 1 amide bonds.